The summed E-state index contributed by atoms with van der Waals surface area (Å²) in [6, 6.07) is 13.8. The van der Waals surface area contributed by atoms with E-state index in [9.17, 15) is 9.59 Å². The lowest BCUT2D eigenvalue weighted by Crippen LogP contribution is -2.49. The Kier molecular flexibility index (Phi) is 19.3. The summed E-state index contributed by atoms with van der Waals surface area (Å²) in [5.41, 5.74) is 17.7. The van der Waals surface area contributed by atoms with Gasteiger partial charge in [0.15, 0.2) is 28.8 Å². The maximum Gasteiger partial charge on any atom is 0.338 e. The van der Waals surface area contributed by atoms with E-state index in [1.807, 2.05) is 65.8 Å². The van der Waals surface area contributed by atoms with Crippen molar-refractivity contribution in [3.05, 3.63) is 87.1 Å². The molecule has 0 heterocycles. The summed E-state index contributed by atoms with van der Waals surface area (Å²) in [6.45, 7) is 35.9. The molecule has 2 aromatic carbocycles. The van der Waals surface area contributed by atoms with Crippen LogP contribution in [0.4, 0.5) is 0 Å². The van der Waals surface area contributed by atoms with Crippen molar-refractivity contribution in [1.29, 1.82) is 0 Å². The van der Waals surface area contributed by atoms with E-state index in [0.29, 0.717) is 17.1 Å². The van der Waals surface area contributed by atoms with Crippen LogP contribution in [0.5, 0.6) is 11.5 Å². The van der Waals surface area contributed by atoms with Gasteiger partial charge in [-0.15, -0.1) is 0 Å². The Balaban J connectivity index is 0.000000593. The van der Waals surface area contributed by atoms with Crippen molar-refractivity contribution >= 4 is 34.6 Å². The molecule has 0 aliphatic heterocycles. The van der Waals surface area contributed by atoms with Gasteiger partial charge in [-0.3, -0.25) is 0 Å². The molecular formula is C42H68N6O8Si2. The van der Waals surface area contributed by atoms with Crippen LogP contribution in [0.3, 0.4) is 0 Å². The fraction of sp³-hybridized carbons (Fsp3) is 0.619. The monoisotopic (exact) mass is 840 g/mol. The van der Waals surface area contributed by atoms with E-state index in [2.05, 4.69) is 94.4 Å². The van der Waals surface area contributed by atoms with Crippen LogP contribution < -0.4 is 9.47 Å². The number of esters is 2. The number of carbonyl (C=O) groups excluding carboxylic acids is 2. The second-order valence-electron chi connectivity index (χ2n) is 18.9. The lowest BCUT2D eigenvalue weighted by molar-refractivity contribution is -0.166. The molecule has 0 amide bonds. The number of rotatable bonds is 17. The molecule has 0 bridgehead atoms. The van der Waals surface area contributed by atoms with Gasteiger partial charge in [0.05, 0.1) is 6.04 Å². The molecule has 1 unspecified atom stereocenters. The van der Waals surface area contributed by atoms with Gasteiger partial charge in [-0.1, -0.05) is 88.7 Å². The van der Waals surface area contributed by atoms with Gasteiger partial charge in [-0.2, -0.15) is 0 Å². The minimum absolute atomic E-state index is 0.000722. The van der Waals surface area contributed by atoms with Crippen LogP contribution in [0, 0.1) is 0 Å². The number of hydrogen-bond donors (Lipinski definition) is 0. The molecule has 0 radical (unpaired) electrons. The molecule has 2 rings (SSSR count). The van der Waals surface area contributed by atoms with E-state index < -0.39 is 52.1 Å². The first kappa shape index (κ1) is 51.7. The van der Waals surface area contributed by atoms with Crippen molar-refractivity contribution < 1.29 is 37.4 Å². The first-order valence-corrected chi connectivity index (χ1v) is 25.2. The van der Waals surface area contributed by atoms with Gasteiger partial charge in [-0.25, -0.2) is 9.59 Å². The second kappa shape index (κ2) is 21.6. The molecule has 0 fully saturated rings. The smallest absolute Gasteiger partial charge is 0.338 e. The van der Waals surface area contributed by atoms with Gasteiger partial charge in [0.25, 0.3) is 0 Å². The molecular weight excluding hydrogens is 773 g/mol. The summed E-state index contributed by atoms with van der Waals surface area (Å²) in [4.78, 5) is 31.0. The van der Waals surface area contributed by atoms with Gasteiger partial charge in [0.1, 0.15) is 35.9 Å². The number of carbonyl (C=O) groups is 2. The van der Waals surface area contributed by atoms with Gasteiger partial charge in [0.2, 0.25) is 0 Å². The average Bonchev–Trinajstić information content (AvgIpc) is 3.08. The van der Waals surface area contributed by atoms with Gasteiger partial charge < -0.3 is 27.8 Å². The zero-order valence-electron chi connectivity index (χ0n) is 37.7. The summed E-state index contributed by atoms with van der Waals surface area (Å²) in [5.74, 6) is 0.356. The molecule has 0 spiro atoms. The minimum Gasteiger partial charge on any atom is -0.490 e. The van der Waals surface area contributed by atoms with Gasteiger partial charge in [0, 0.05) is 16.4 Å². The molecule has 0 aromatic heterocycles. The summed E-state index contributed by atoms with van der Waals surface area (Å²) in [7, 11) is -4.41. The Bertz CT molecular complexity index is 1730. The van der Waals surface area contributed by atoms with E-state index in [4.69, 9.17) is 38.9 Å². The molecule has 0 aliphatic rings. The normalized spacial score (nSPS) is 13.9. The number of benzene rings is 2. The summed E-state index contributed by atoms with van der Waals surface area (Å²) in [6.07, 6.45) is 0.151. The highest BCUT2D eigenvalue weighted by molar-refractivity contribution is 6.74. The third kappa shape index (κ3) is 18.5. The molecule has 0 saturated heterocycles. The van der Waals surface area contributed by atoms with E-state index in [1.165, 1.54) is 0 Å². The first-order valence-electron chi connectivity index (χ1n) is 19.4. The highest BCUT2D eigenvalue weighted by Crippen LogP contribution is 2.39. The number of hydrogen-bond acceptors (Lipinski definition) is 10. The Labute approximate surface area is 348 Å². The van der Waals surface area contributed by atoms with Crippen molar-refractivity contribution in [2.75, 3.05) is 19.8 Å². The van der Waals surface area contributed by atoms with Crippen molar-refractivity contribution in [3.8, 4) is 11.5 Å². The Morgan fingerprint density at radius 2 is 1.05 bits per heavy atom. The van der Waals surface area contributed by atoms with Crippen LogP contribution in [0.1, 0.15) is 100 Å². The summed E-state index contributed by atoms with van der Waals surface area (Å²) in [5, 5.41) is 7.03. The molecule has 0 saturated carbocycles. The van der Waals surface area contributed by atoms with Gasteiger partial charge in [-0.05, 0) is 124 Å². The van der Waals surface area contributed by atoms with Crippen molar-refractivity contribution in [3.63, 3.8) is 0 Å². The largest absolute Gasteiger partial charge is 0.490 e. The number of azide groups is 2. The van der Waals surface area contributed by atoms with Gasteiger partial charge >= 0.3 is 11.9 Å². The van der Waals surface area contributed by atoms with Crippen molar-refractivity contribution in [2.24, 2.45) is 10.2 Å². The van der Waals surface area contributed by atoms with Crippen LogP contribution in [-0.4, -0.2) is 71.7 Å². The molecule has 322 valence electrons. The SMILES string of the molecule is C=Cc1ccc(OC[C@@H](O[Si](C)(C)C(C)(C)C)C(=O)OC(C)(C)C)cc1.CC(C)(C)OC(=O)[C@@H](COc1ccc(C(CN=[N+]=[N-])N=[N+]=[N-])cc1)O[Si](C)(C)C(C)(C)C. The molecule has 2 aromatic rings. The quantitative estimate of drug-likeness (QED) is 0.0494. The average molecular weight is 841 g/mol. The third-order valence-electron chi connectivity index (χ3n) is 9.52. The fourth-order valence-electron chi connectivity index (χ4n) is 4.32. The molecule has 14 nitrogen and oxygen atoms in total. The Morgan fingerprint density at radius 1 is 0.672 bits per heavy atom. The molecule has 0 aliphatic carbocycles. The topological polar surface area (TPSA) is 187 Å². The van der Waals surface area contributed by atoms with E-state index in [1.54, 1.807) is 30.3 Å². The molecule has 16 heteroatoms. The Hall–Kier alpha value is -4.31. The lowest BCUT2D eigenvalue weighted by Gasteiger charge is -2.39. The zero-order valence-corrected chi connectivity index (χ0v) is 39.7. The highest BCUT2D eigenvalue weighted by atomic mass is 28.4. The first-order chi connectivity index (χ1) is 26.4. The standard InChI is InChI=1S/C21H34N6O4Si.C21H34O4Si/c1-20(2,3)30-19(28)18(31-32(7,8)21(4,5)6)14-29-16-11-9-15(10-12-16)17(25-27-23)13-24-26-22;1-10-16-11-13-17(14-12-16)23-15-18(19(22)24-20(2,3)4)25-26(8,9)21(5,6)7/h9-12,17-18H,13-14H2,1-8H3;10-14,18H,1,15H2,2-9H3/t17?,18-;18-/m11/s1. The predicted molar refractivity (Wildman–Crippen MR) is 236 cm³/mol. The number of ether oxygens (including phenoxy) is 4. The van der Waals surface area contributed by atoms with E-state index >= 15 is 0 Å². The lowest BCUT2D eigenvalue weighted by atomic mass is 10.1. The second-order valence-corrected chi connectivity index (χ2v) is 28.4. The van der Waals surface area contributed by atoms with E-state index in [-0.39, 0.29) is 35.8 Å². The van der Waals surface area contributed by atoms with Crippen LogP contribution in [0.2, 0.25) is 36.3 Å². The molecule has 0 N–H and O–H groups in total. The maximum absolute atomic E-state index is 12.8. The zero-order chi connectivity index (χ0) is 44.8. The molecule has 3 atom stereocenters. The molecule has 58 heavy (non-hydrogen) atoms. The maximum atomic E-state index is 12.8. The fourth-order valence-corrected chi connectivity index (χ4v) is 6.77. The summed E-state index contributed by atoms with van der Waals surface area (Å²) >= 11 is 0. The third-order valence-corrected chi connectivity index (χ3v) is 18.5. The van der Waals surface area contributed by atoms with Crippen LogP contribution in [0.15, 0.2) is 65.3 Å². The summed E-state index contributed by atoms with van der Waals surface area (Å²) < 4.78 is 35.4. The van der Waals surface area contributed by atoms with Crippen molar-refractivity contribution in [1.82, 2.24) is 0 Å². The predicted octanol–water partition coefficient (Wildman–Crippen LogP) is 11.9. The van der Waals surface area contributed by atoms with Crippen LogP contribution in [0.25, 0.3) is 27.0 Å². The Morgan fingerprint density at radius 3 is 1.36 bits per heavy atom. The van der Waals surface area contributed by atoms with E-state index in [0.717, 1.165) is 5.56 Å². The number of nitrogens with zero attached hydrogens (tertiary/aromatic N) is 6. The van der Waals surface area contributed by atoms with Crippen LogP contribution in [-0.2, 0) is 27.9 Å². The minimum atomic E-state index is -2.26. The highest BCUT2D eigenvalue weighted by Gasteiger charge is 2.43. The van der Waals surface area contributed by atoms with Crippen molar-refractivity contribution in [2.45, 2.75) is 149 Å². The van der Waals surface area contributed by atoms with Crippen LogP contribution >= 0.6 is 0 Å².